The summed E-state index contributed by atoms with van der Waals surface area (Å²) in [6.07, 6.45) is 3.87. The van der Waals surface area contributed by atoms with Gasteiger partial charge in [-0.15, -0.1) is 0 Å². The van der Waals surface area contributed by atoms with Gasteiger partial charge in [0.05, 0.1) is 5.69 Å². The first-order valence-corrected chi connectivity index (χ1v) is 8.93. The van der Waals surface area contributed by atoms with Crippen molar-refractivity contribution >= 4 is 11.9 Å². The Kier molecular flexibility index (Phi) is 5.59. The third kappa shape index (κ3) is 4.55. The first-order valence-electron chi connectivity index (χ1n) is 8.93. The van der Waals surface area contributed by atoms with Crippen LogP contribution in [0, 0.1) is 11.7 Å². The maximum atomic E-state index is 13.3. The lowest BCUT2D eigenvalue weighted by Gasteiger charge is -2.05. The van der Waals surface area contributed by atoms with E-state index in [9.17, 15) is 9.18 Å². The number of nitrogens with one attached hydrogen (secondary N) is 1. The van der Waals surface area contributed by atoms with Crippen LogP contribution in [0.25, 0.3) is 22.5 Å². The molecular formula is C20H22FN5O. The molecule has 0 saturated carbocycles. The molecule has 0 bridgehead atoms. The van der Waals surface area contributed by atoms with Crippen LogP contribution in [-0.2, 0) is 11.3 Å². The maximum absolute atomic E-state index is 13.3. The van der Waals surface area contributed by atoms with E-state index < -0.39 is 0 Å². The monoisotopic (exact) mass is 367 g/mol. The Labute approximate surface area is 157 Å². The van der Waals surface area contributed by atoms with Gasteiger partial charge in [-0.2, -0.15) is 5.10 Å². The fourth-order valence-corrected chi connectivity index (χ4v) is 2.68. The van der Waals surface area contributed by atoms with Crippen molar-refractivity contribution < 1.29 is 9.18 Å². The average molecular weight is 367 g/mol. The summed E-state index contributed by atoms with van der Waals surface area (Å²) in [5.41, 5.74) is 2.95. The Morgan fingerprint density at radius 1 is 1.22 bits per heavy atom. The van der Waals surface area contributed by atoms with E-state index in [1.165, 1.54) is 12.1 Å². The van der Waals surface area contributed by atoms with Gasteiger partial charge in [0.25, 0.3) is 0 Å². The van der Waals surface area contributed by atoms with Gasteiger partial charge in [0.1, 0.15) is 11.5 Å². The summed E-state index contributed by atoms with van der Waals surface area (Å²) in [5, 5.41) is 7.35. The molecule has 3 rings (SSSR count). The second-order valence-electron chi connectivity index (χ2n) is 6.68. The summed E-state index contributed by atoms with van der Waals surface area (Å²) in [5.74, 6) is 0.222. The normalized spacial score (nSPS) is 11.0. The molecule has 6 nitrogen and oxygen atoms in total. The predicted molar refractivity (Wildman–Crippen MR) is 102 cm³/mol. The lowest BCUT2D eigenvalue weighted by molar-refractivity contribution is -0.115. The van der Waals surface area contributed by atoms with E-state index in [-0.39, 0.29) is 17.7 Å². The van der Waals surface area contributed by atoms with Gasteiger partial charge in [0, 0.05) is 36.5 Å². The Hall–Kier alpha value is -3.09. The van der Waals surface area contributed by atoms with Gasteiger partial charge in [0.2, 0.25) is 11.9 Å². The number of hydrogen-bond donors (Lipinski definition) is 1. The van der Waals surface area contributed by atoms with E-state index >= 15 is 0 Å². The molecule has 1 N–H and O–H groups in total. The van der Waals surface area contributed by atoms with E-state index in [0.717, 1.165) is 17.7 Å². The highest BCUT2D eigenvalue weighted by atomic mass is 19.1. The fraction of sp³-hybridized carbons (Fsp3) is 0.300. The predicted octanol–water partition coefficient (Wildman–Crippen LogP) is 4.15. The van der Waals surface area contributed by atoms with E-state index in [2.05, 4.69) is 34.2 Å². The quantitative estimate of drug-likeness (QED) is 0.710. The van der Waals surface area contributed by atoms with Gasteiger partial charge >= 0.3 is 0 Å². The molecule has 0 fully saturated rings. The summed E-state index contributed by atoms with van der Waals surface area (Å²) < 4.78 is 15.2. The second-order valence-corrected chi connectivity index (χ2v) is 6.68. The van der Waals surface area contributed by atoms with Gasteiger partial charge in [0.15, 0.2) is 0 Å². The first-order chi connectivity index (χ1) is 13.0. The minimum absolute atomic E-state index is 0.151. The van der Waals surface area contributed by atoms with Gasteiger partial charge in [-0.3, -0.25) is 14.8 Å². The summed E-state index contributed by atoms with van der Waals surface area (Å²) in [6.45, 7) is 6.74. The molecule has 0 aliphatic heterocycles. The first kappa shape index (κ1) is 18.7. The number of aromatic nitrogens is 4. The molecule has 0 aliphatic rings. The van der Waals surface area contributed by atoms with Crippen molar-refractivity contribution in [3.63, 3.8) is 0 Å². The Morgan fingerprint density at radius 2 is 1.96 bits per heavy atom. The number of hydrogen-bond acceptors (Lipinski definition) is 4. The number of carbonyl (C=O) groups excluding carboxylic acids is 1. The van der Waals surface area contributed by atoms with Crippen molar-refractivity contribution in [2.24, 2.45) is 5.92 Å². The fourth-order valence-electron chi connectivity index (χ4n) is 2.68. The molecule has 0 radical (unpaired) electrons. The summed E-state index contributed by atoms with van der Waals surface area (Å²) in [4.78, 5) is 20.2. The Bertz CT molecular complexity index is 934. The number of halogens is 1. The zero-order valence-corrected chi connectivity index (χ0v) is 15.6. The molecule has 2 heterocycles. The van der Waals surface area contributed by atoms with Crippen LogP contribution >= 0.6 is 0 Å². The van der Waals surface area contributed by atoms with Crippen LogP contribution < -0.4 is 5.32 Å². The number of nitrogens with zero attached hydrogens (tertiary/aromatic N) is 4. The smallest absolute Gasteiger partial charge is 0.229 e. The lowest BCUT2D eigenvalue weighted by Crippen LogP contribution is -2.12. The average Bonchev–Trinajstić information content (AvgIpc) is 3.05. The van der Waals surface area contributed by atoms with Gasteiger partial charge in [-0.05, 0) is 36.2 Å². The van der Waals surface area contributed by atoms with Gasteiger partial charge in [-0.25, -0.2) is 14.4 Å². The highest BCUT2D eigenvalue weighted by Crippen LogP contribution is 2.30. The molecule has 140 valence electrons. The van der Waals surface area contributed by atoms with E-state index in [0.29, 0.717) is 23.7 Å². The zero-order chi connectivity index (χ0) is 19.4. The molecular weight excluding hydrogens is 345 g/mol. The van der Waals surface area contributed by atoms with Crippen LogP contribution in [0.3, 0.4) is 0 Å². The van der Waals surface area contributed by atoms with E-state index in [4.69, 9.17) is 0 Å². The van der Waals surface area contributed by atoms with Crippen LogP contribution in [0.15, 0.2) is 42.7 Å². The van der Waals surface area contributed by atoms with Gasteiger partial charge in [-0.1, -0.05) is 20.8 Å². The third-order valence-electron chi connectivity index (χ3n) is 3.94. The van der Waals surface area contributed by atoms with Crippen LogP contribution in [0.4, 0.5) is 10.3 Å². The number of benzene rings is 1. The minimum Gasteiger partial charge on any atom is -0.295 e. The van der Waals surface area contributed by atoms with Crippen LogP contribution in [-0.4, -0.2) is 25.7 Å². The van der Waals surface area contributed by atoms with Crippen molar-refractivity contribution in [1.82, 2.24) is 19.7 Å². The topological polar surface area (TPSA) is 72.7 Å². The SMILES string of the molecule is CCC(=O)Nc1nccc(-c2cn(CC(C)C)nc2-c2ccc(F)cc2)n1. The molecule has 27 heavy (non-hydrogen) atoms. The lowest BCUT2D eigenvalue weighted by atomic mass is 10.1. The molecule has 0 saturated heterocycles. The number of carbonyl (C=O) groups is 1. The molecule has 1 aromatic carbocycles. The maximum Gasteiger partial charge on any atom is 0.229 e. The second kappa shape index (κ2) is 8.07. The molecule has 0 unspecified atom stereocenters. The highest BCUT2D eigenvalue weighted by molar-refractivity contribution is 5.89. The number of rotatable bonds is 6. The zero-order valence-electron chi connectivity index (χ0n) is 15.6. The molecule has 0 spiro atoms. The largest absolute Gasteiger partial charge is 0.295 e. The third-order valence-corrected chi connectivity index (χ3v) is 3.94. The summed E-state index contributed by atoms with van der Waals surface area (Å²) in [7, 11) is 0. The number of anilines is 1. The van der Waals surface area contributed by atoms with Crippen molar-refractivity contribution in [2.45, 2.75) is 33.7 Å². The molecule has 3 aromatic rings. The van der Waals surface area contributed by atoms with E-state index in [1.54, 1.807) is 31.3 Å². The highest BCUT2D eigenvalue weighted by Gasteiger charge is 2.16. The number of amides is 1. The van der Waals surface area contributed by atoms with Crippen molar-refractivity contribution in [3.05, 3.63) is 48.5 Å². The Balaban J connectivity index is 2.05. The molecule has 7 heteroatoms. The molecule has 0 atom stereocenters. The minimum atomic E-state index is -0.298. The van der Waals surface area contributed by atoms with Crippen molar-refractivity contribution in [2.75, 3.05) is 5.32 Å². The van der Waals surface area contributed by atoms with E-state index in [1.807, 2.05) is 10.9 Å². The van der Waals surface area contributed by atoms with Crippen molar-refractivity contribution in [1.29, 1.82) is 0 Å². The molecule has 1 amide bonds. The molecule has 0 aliphatic carbocycles. The van der Waals surface area contributed by atoms with Crippen molar-refractivity contribution in [3.8, 4) is 22.5 Å². The standard InChI is InChI=1S/C20H22FN5O/c1-4-18(27)24-20-22-10-9-17(23-20)16-12-26(11-13(2)3)25-19(16)14-5-7-15(21)8-6-14/h5-10,12-13H,4,11H2,1-3H3,(H,22,23,24,27). The van der Waals surface area contributed by atoms with Crippen LogP contribution in [0.2, 0.25) is 0 Å². The van der Waals surface area contributed by atoms with Crippen LogP contribution in [0.1, 0.15) is 27.2 Å². The summed E-state index contributed by atoms with van der Waals surface area (Å²) >= 11 is 0. The van der Waals surface area contributed by atoms with Gasteiger partial charge < -0.3 is 0 Å². The summed E-state index contributed by atoms with van der Waals surface area (Å²) in [6, 6.07) is 7.98. The Morgan fingerprint density at radius 3 is 2.63 bits per heavy atom. The van der Waals surface area contributed by atoms with Crippen LogP contribution in [0.5, 0.6) is 0 Å². The molecule has 2 aromatic heterocycles.